The number of benzene rings is 1. The Kier molecular flexibility index (Phi) is 4.00. The van der Waals surface area contributed by atoms with Gasteiger partial charge in [0.1, 0.15) is 11.1 Å². The molecule has 1 aromatic heterocycles. The molecule has 0 bridgehead atoms. The van der Waals surface area contributed by atoms with Gasteiger partial charge in [0.15, 0.2) is 5.82 Å². The SMILES string of the molecule is Cn1nnc(NC(=O)C2(c3ccccc3)CNC(=O)C2)c1C(F)F. The molecule has 2 amide bonds. The van der Waals surface area contributed by atoms with Crippen molar-refractivity contribution in [2.75, 3.05) is 11.9 Å². The van der Waals surface area contributed by atoms with Crippen molar-refractivity contribution in [3.05, 3.63) is 41.6 Å². The quantitative estimate of drug-likeness (QED) is 0.877. The maximum absolute atomic E-state index is 13.1. The molecule has 1 aliphatic rings. The van der Waals surface area contributed by atoms with Crippen LogP contribution < -0.4 is 10.6 Å². The first-order valence-corrected chi connectivity index (χ1v) is 7.25. The minimum atomic E-state index is -2.84. The lowest BCUT2D eigenvalue weighted by Gasteiger charge is -2.26. The minimum absolute atomic E-state index is 0.0624. The number of nitrogens with zero attached hydrogens (tertiary/aromatic N) is 3. The van der Waals surface area contributed by atoms with E-state index in [4.69, 9.17) is 0 Å². The van der Waals surface area contributed by atoms with Crippen molar-refractivity contribution in [2.45, 2.75) is 18.3 Å². The normalized spacial score (nSPS) is 20.2. The van der Waals surface area contributed by atoms with Gasteiger partial charge >= 0.3 is 0 Å². The molecule has 0 aliphatic carbocycles. The first-order chi connectivity index (χ1) is 11.4. The third kappa shape index (κ3) is 2.61. The summed E-state index contributed by atoms with van der Waals surface area (Å²) in [5.74, 6) is -1.15. The predicted octanol–water partition coefficient (Wildman–Crippen LogP) is 1.15. The third-order valence-corrected chi connectivity index (χ3v) is 4.12. The molecule has 1 aliphatic heterocycles. The van der Waals surface area contributed by atoms with E-state index in [9.17, 15) is 18.4 Å². The fraction of sp³-hybridized carbons (Fsp3) is 0.333. The summed E-state index contributed by atoms with van der Waals surface area (Å²) in [7, 11) is 1.32. The van der Waals surface area contributed by atoms with Crippen LogP contribution in [0, 0.1) is 0 Å². The summed E-state index contributed by atoms with van der Waals surface area (Å²) in [5, 5.41) is 12.1. The van der Waals surface area contributed by atoms with Crippen molar-refractivity contribution >= 4 is 17.6 Å². The van der Waals surface area contributed by atoms with E-state index >= 15 is 0 Å². The molecule has 2 aromatic rings. The van der Waals surface area contributed by atoms with Gasteiger partial charge in [-0.2, -0.15) is 0 Å². The predicted molar refractivity (Wildman–Crippen MR) is 80.3 cm³/mol. The van der Waals surface area contributed by atoms with Crippen LogP contribution in [0.4, 0.5) is 14.6 Å². The van der Waals surface area contributed by atoms with Gasteiger partial charge in [-0.05, 0) is 5.56 Å². The summed E-state index contributed by atoms with van der Waals surface area (Å²) in [6, 6.07) is 8.74. The summed E-state index contributed by atoms with van der Waals surface area (Å²) in [6.45, 7) is 0.0892. The molecule has 126 valence electrons. The lowest BCUT2D eigenvalue weighted by atomic mass is 9.78. The number of amides is 2. The molecule has 0 radical (unpaired) electrons. The van der Waals surface area contributed by atoms with Gasteiger partial charge < -0.3 is 10.6 Å². The zero-order valence-corrected chi connectivity index (χ0v) is 12.8. The van der Waals surface area contributed by atoms with Crippen LogP contribution >= 0.6 is 0 Å². The molecule has 7 nitrogen and oxygen atoms in total. The Balaban J connectivity index is 1.96. The molecule has 3 rings (SSSR count). The average molecular weight is 335 g/mol. The number of hydrogen-bond donors (Lipinski definition) is 2. The van der Waals surface area contributed by atoms with Crippen molar-refractivity contribution in [2.24, 2.45) is 7.05 Å². The third-order valence-electron chi connectivity index (χ3n) is 4.12. The summed E-state index contributed by atoms with van der Waals surface area (Å²) in [5.41, 5.74) is -1.03. The van der Waals surface area contributed by atoms with Crippen LogP contribution in [-0.2, 0) is 22.1 Å². The number of aryl methyl sites for hydroxylation is 1. The molecule has 0 saturated carbocycles. The largest absolute Gasteiger partial charge is 0.355 e. The average Bonchev–Trinajstić information content (AvgIpc) is 3.12. The van der Waals surface area contributed by atoms with Gasteiger partial charge in [0.25, 0.3) is 6.43 Å². The second-order valence-corrected chi connectivity index (χ2v) is 5.60. The number of anilines is 1. The number of rotatable bonds is 4. The highest BCUT2D eigenvalue weighted by atomic mass is 19.3. The van der Waals surface area contributed by atoms with Crippen molar-refractivity contribution in [1.29, 1.82) is 0 Å². The Morgan fingerprint density at radius 3 is 2.67 bits per heavy atom. The zero-order chi connectivity index (χ0) is 17.3. The number of carbonyl (C=O) groups is 2. The van der Waals surface area contributed by atoms with Gasteiger partial charge in [-0.3, -0.25) is 9.59 Å². The number of nitrogens with one attached hydrogen (secondary N) is 2. The Morgan fingerprint density at radius 2 is 2.08 bits per heavy atom. The van der Waals surface area contributed by atoms with Crippen LogP contribution in [0.5, 0.6) is 0 Å². The van der Waals surface area contributed by atoms with Gasteiger partial charge in [-0.15, -0.1) is 5.10 Å². The molecule has 2 heterocycles. The van der Waals surface area contributed by atoms with E-state index in [2.05, 4.69) is 20.9 Å². The van der Waals surface area contributed by atoms with E-state index in [0.29, 0.717) is 5.56 Å². The molecule has 1 atom stereocenters. The number of halogens is 2. The standard InChI is InChI=1S/C15H15F2N5O2/c1-22-11(12(16)17)13(20-21-22)19-14(24)15(7-10(23)18-8-15)9-5-3-2-4-6-9/h2-6,12H,7-8H2,1H3,(H,18,23)(H,19,24). The van der Waals surface area contributed by atoms with Crippen LogP contribution in [0.25, 0.3) is 0 Å². The zero-order valence-electron chi connectivity index (χ0n) is 12.8. The smallest absolute Gasteiger partial charge is 0.283 e. The van der Waals surface area contributed by atoms with Gasteiger partial charge in [0.2, 0.25) is 11.8 Å². The molecular formula is C15H15F2N5O2. The number of carbonyl (C=O) groups excluding carboxylic acids is 2. The Bertz CT molecular complexity index is 777. The monoisotopic (exact) mass is 335 g/mol. The first-order valence-electron chi connectivity index (χ1n) is 7.25. The van der Waals surface area contributed by atoms with E-state index in [1.165, 1.54) is 7.05 Å². The van der Waals surface area contributed by atoms with Gasteiger partial charge in [-0.1, -0.05) is 35.5 Å². The molecular weight excluding hydrogens is 320 g/mol. The number of alkyl halides is 2. The summed E-state index contributed by atoms with van der Waals surface area (Å²) < 4.78 is 27.1. The van der Waals surface area contributed by atoms with Crippen LogP contribution in [0.3, 0.4) is 0 Å². The lowest BCUT2D eigenvalue weighted by molar-refractivity contribution is -0.124. The maximum atomic E-state index is 13.1. The van der Waals surface area contributed by atoms with E-state index in [1.807, 2.05) is 0 Å². The van der Waals surface area contributed by atoms with E-state index < -0.39 is 23.4 Å². The molecule has 24 heavy (non-hydrogen) atoms. The van der Waals surface area contributed by atoms with E-state index in [-0.39, 0.29) is 24.7 Å². The van der Waals surface area contributed by atoms with Crippen LogP contribution in [0.1, 0.15) is 24.1 Å². The molecule has 1 aromatic carbocycles. The Hall–Kier alpha value is -2.84. The number of hydrogen-bond acceptors (Lipinski definition) is 4. The van der Waals surface area contributed by atoms with Crippen LogP contribution in [-0.4, -0.2) is 33.4 Å². The van der Waals surface area contributed by atoms with Gasteiger partial charge in [0, 0.05) is 20.0 Å². The Morgan fingerprint density at radius 1 is 1.38 bits per heavy atom. The second kappa shape index (κ2) is 5.99. The van der Waals surface area contributed by atoms with Gasteiger partial charge in [0.05, 0.1) is 0 Å². The molecule has 1 fully saturated rings. The molecule has 0 spiro atoms. The minimum Gasteiger partial charge on any atom is -0.355 e. The topological polar surface area (TPSA) is 88.9 Å². The highest BCUT2D eigenvalue weighted by Gasteiger charge is 2.47. The molecule has 2 N–H and O–H groups in total. The first kappa shape index (κ1) is 16.0. The van der Waals surface area contributed by atoms with E-state index in [0.717, 1.165) is 4.68 Å². The maximum Gasteiger partial charge on any atom is 0.283 e. The molecule has 9 heteroatoms. The fourth-order valence-corrected chi connectivity index (χ4v) is 2.83. The summed E-state index contributed by atoms with van der Waals surface area (Å²) >= 11 is 0. The number of aromatic nitrogens is 3. The Labute approximate surface area is 136 Å². The highest BCUT2D eigenvalue weighted by molar-refractivity contribution is 6.04. The van der Waals surface area contributed by atoms with Crippen molar-refractivity contribution < 1.29 is 18.4 Å². The lowest BCUT2D eigenvalue weighted by Crippen LogP contribution is -2.42. The molecule has 1 unspecified atom stereocenters. The fourth-order valence-electron chi connectivity index (χ4n) is 2.83. The van der Waals surface area contributed by atoms with Crippen LogP contribution in [0.2, 0.25) is 0 Å². The van der Waals surface area contributed by atoms with Crippen LogP contribution in [0.15, 0.2) is 30.3 Å². The summed E-state index contributed by atoms with van der Waals surface area (Å²) in [4.78, 5) is 24.6. The summed E-state index contributed by atoms with van der Waals surface area (Å²) in [6.07, 6.45) is -2.90. The van der Waals surface area contributed by atoms with Gasteiger partial charge in [-0.25, -0.2) is 13.5 Å². The van der Waals surface area contributed by atoms with E-state index in [1.54, 1.807) is 30.3 Å². The van der Waals surface area contributed by atoms with Crippen molar-refractivity contribution in [3.8, 4) is 0 Å². The molecule has 1 saturated heterocycles. The second-order valence-electron chi connectivity index (χ2n) is 5.60. The van der Waals surface area contributed by atoms with Crippen molar-refractivity contribution in [3.63, 3.8) is 0 Å². The highest BCUT2D eigenvalue weighted by Crippen LogP contribution is 2.33. The van der Waals surface area contributed by atoms with Crippen molar-refractivity contribution in [1.82, 2.24) is 20.3 Å².